The van der Waals surface area contributed by atoms with Gasteiger partial charge in [0.2, 0.25) is 0 Å². The summed E-state index contributed by atoms with van der Waals surface area (Å²) in [5.74, 6) is -4.37. The lowest BCUT2D eigenvalue weighted by Crippen LogP contribution is -2.47. The van der Waals surface area contributed by atoms with Gasteiger partial charge in [0.05, 0.1) is 12.9 Å². The SMILES string of the molecule is NC(=O)c1c[n+](C2OC(C(OP(=O)(O)O)P(=O)(O)OCC3OC(n4cnc5c(N)ncnc54)C(O)C3O)C(O)C2O)ccc1C(=O)c1ccncc1. The van der Waals surface area contributed by atoms with Gasteiger partial charge in [-0.1, -0.05) is 0 Å². The Bertz CT molecular complexity index is 2090. The van der Waals surface area contributed by atoms with Gasteiger partial charge in [-0.05, 0) is 12.1 Å². The van der Waals surface area contributed by atoms with Crippen molar-refractivity contribution in [3.8, 4) is 0 Å². The molecule has 10 unspecified atom stereocenters. The standard InChI is InChI=1S/C27H30N8O15P2/c28-22-15-24(32-9-31-22)35(10-33-15)26-19(39)17(37)14(48-26)8-47-51(42,43)27(50-52(44,45)46)21-18(38)20(40)25(49-21)34-6-3-12(13(7-34)23(29)41)16(36)11-1-4-30-5-2-11/h1-7,9-10,14,17-21,25-27,37-40H,8H2,(H6-,28,29,31,32,41,42,43,44,45,46)/p+1. The van der Waals surface area contributed by atoms with E-state index < -0.39 is 88.6 Å². The predicted molar refractivity (Wildman–Crippen MR) is 167 cm³/mol. The molecular formula is C27H31N8O15P2+. The van der Waals surface area contributed by atoms with Gasteiger partial charge in [-0.3, -0.25) is 28.2 Å². The molecule has 25 heteroatoms. The summed E-state index contributed by atoms with van der Waals surface area (Å²) < 4.78 is 48.6. The molecule has 52 heavy (non-hydrogen) atoms. The Morgan fingerprint density at radius 1 is 0.962 bits per heavy atom. The molecule has 0 spiro atoms. The van der Waals surface area contributed by atoms with Crippen molar-refractivity contribution in [2.45, 2.75) is 54.9 Å². The summed E-state index contributed by atoms with van der Waals surface area (Å²) in [4.78, 5) is 71.3. The Morgan fingerprint density at radius 3 is 2.35 bits per heavy atom. The number of primary amides is 1. The maximum absolute atomic E-state index is 13.6. The molecule has 23 nitrogen and oxygen atoms in total. The van der Waals surface area contributed by atoms with E-state index in [4.69, 9.17) is 25.5 Å². The number of imidazole rings is 1. The summed E-state index contributed by atoms with van der Waals surface area (Å²) in [6.45, 7) is -0.994. The van der Waals surface area contributed by atoms with Crippen LogP contribution in [0.4, 0.5) is 5.82 Å². The summed E-state index contributed by atoms with van der Waals surface area (Å²) in [6.07, 6.45) is -7.28. The van der Waals surface area contributed by atoms with Crippen LogP contribution in [0.1, 0.15) is 38.7 Å². The second-order valence-electron chi connectivity index (χ2n) is 11.6. The zero-order valence-electron chi connectivity index (χ0n) is 26.2. The highest BCUT2D eigenvalue weighted by Gasteiger charge is 2.58. The number of phosphoric ester groups is 1. The first kappa shape index (κ1) is 37.6. The number of ether oxygens (including phenoxy) is 2. The molecule has 2 aliphatic rings. The van der Waals surface area contributed by atoms with Crippen LogP contribution in [-0.2, 0) is 27.7 Å². The van der Waals surface area contributed by atoms with E-state index in [1.54, 1.807) is 0 Å². The molecule has 0 bridgehead atoms. The minimum atomic E-state index is -5.67. The van der Waals surface area contributed by atoms with Crippen molar-refractivity contribution in [2.24, 2.45) is 5.73 Å². The molecule has 4 aromatic rings. The van der Waals surface area contributed by atoms with Crippen molar-refractivity contribution in [3.05, 3.63) is 72.3 Å². The van der Waals surface area contributed by atoms with E-state index >= 15 is 0 Å². The Morgan fingerprint density at radius 2 is 1.67 bits per heavy atom. The molecule has 0 aromatic carbocycles. The highest BCUT2D eigenvalue weighted by atomic mass is 31.2. The molecule has 10 atom stereocenters. The van der Waals surface area contributed by atoms with Gasteiger partial charge in [-0.15, -0.1) is 0 Å². The van der Waals surface area contributed by atoms with E-state index in [-0.39, 0.29) is 33.7 Å². The van der Waals surface area contributed by atoms with Gasteiger partial charge in [0.25, 0.3) is 12.1 Å². The Balaban J connectivity index is 1.22. The molecule has 1 amide bonds. The van der Waals surface area contributed by atoms with Crippen molar-refractivity contribution in [1.82, 2.24) is 24.5 Å². The topological polar surface area (TPSA) is 359 Å². The Hall–Kier alpha value is -4.19. The van der Waals surface area contributed by atoms with Crippen LogP contribution in [0.2, 0.25) is 0 Å². The molecule has 2 fully saturated rings. The summed E-state index contributed by atoms with van der Waals surface area (Å²) in [5.41, 5.74) is 11.2. The van der Waals surface area contributed by atoms with Crippen LogP contribution < -0.4 is 16.0 Å². The largest absolute Gasteiger partial charge is 0.470 e. The minimum Gasteiger partial charge on any atom is -0.387 e. The maximum atomic E-state index is 13.6. The number of amides is 1. The van der Waals surface area contributed by atoms with Crippen molar-refractivity contribution in [2.75, 3.05) is 12.3 Å². The van der Waals surface area contributed by atoms with E-state index in [0.717, 1.165) is 29.4 Å². The van der Waals surface area contributed by atoms with Gasteiger partial charge in [0, 0.05) is 29.6 Å². The van der Waals surface area contributed by atoms with Gasteiger partial charge < -0.3 is 60.6 Å². The number of anilines is 1. The molecule has 0 saturated carbocycles. The minimum absolute atomic E-state index is 0.0116. The van der Waals surface area contributed by atoms with Crippen LogP contribution in [0.25, 0.3) is 11.2 Å². The molecule has 2 aliphatic heterocycles. The highest BCUT2D eigenvalue weighted by Crippen LogP contribution is 2.57. The van der Waals surface area contributed by atoms with E-state index in [9.17, 15) is 53.8 Å². The van der Waals surface area contributed by atoms with Crippen LogP contribution in [0.5, 0.6) is 0 Å². The number of aromatic nitrogens is 6. The number of ketones is 1. The zero-order valence-corrected chi connectivity index (χ0v) is 28.0. The first-order valence-corrected chi connectivity index (χ1v) is 18.1. The van der Waals surface area contributed by atoms with E-state index in [1.807, 2.05) is 0 Å². The van der Waals surface area contributed by atoms with Crippen LogP contribution in [0, 0.1) is 0 Å². The molecule has 6 rings (SSSR count). The number of hydrogen-bond donors (Lipinski definition) is 9. The van der Waals surface area contributed by atoms with E-state index in [1.165, 1.54) is 35.4 Å². The van der Waals surface area contributed by atoms with Crippen LogP contribution in [-0.4, -0.2) is 120 Å². The summed E-state index contributed by atoms with van der Waals surface area (Å²) >= 11 is 0. The summed E-state index contributed by atoms with van der Waals surface area (Å²) in [7, 11) is -11.2. The molecule has 11 N–H and O–H groups in total. The first-order valence-electron chi connectivity index (χ1n) is 14.9. The monoisotopic (exact) mass is 769 g/mol. The third-order valence-electron chi connectivity index (χ3n) is 8.27. The van der Waals surface area contributed by atoms with Gasteiger partial charge in [-0.2, -0.15) is 4.57 Å². The van der Waals surface area contributed by atoms with E-state index in [0.29, 0.717) is 0 Å². The van der Waals surface area contributed by atoms with Crippen molar-refractivity contribution >= 4 is 44.1 Å². The van der Waals surface area contributed by atoms with Crippen molar-refractivity contribution in [3.63, 3.8) is 0 Å². The lowest BCUT2D eigenvalue weighted by molar-refractivity contribution is -0.766. The number of rotatable bonds is 12. The van der Waals surface area contributed by atoms with Crippen LogP contribution >= 0.6 is 15.4 Å². The number of nitrogens with zero attached hydrogens (tertiary/aromatic N) is 6. The van der Waals surface area contributed by atoms with Gasteiger partial charge >= 0.3 is 15.4 Å². The number of aliphatic hydroxyl groups excluding tert-OH is 4. The molecular weight excluding hydrogens is 738 g/mol. The molecule has 6 heterocycles. The Kier molecular flexibility index (Phi) is 10.3. The third-order valence-corrected chi connectivity index (χ3v) is 10.5. The number of fused-ring (bicyclic) bond motifs is 1. The molecule has 278 valence electrons. The van der Waals surface area contributed by atoms with Gasteiger partial charge in [0.15, 0.2) is 47.8 Å². The zero-order chi connectivity index (χ0) is 37.7. The number of phosphoric acid groups is 1. The van der Waals surface area contributed by atoms with Crippen LogP contribution in [0.15, 0.2) is 55.6 Å². The fourth-order valence-electron chi connectivity index (χ4n) is 5.74. The lowest BCUT2D eigenvalue weighted by Gasteiger charge is -2.29. The number of hydrogen-bond acceptors (Lipinski definition) is 17. The van der Waals surface area contributed by atoms with Crippen LogP contribution in [0.3, 0.4) is 0 Å². The maximum Gasteiger partial charge on any atom is 0.470 e. The molecule has 2 saturated heterocycles. The number of carbonyl (C=O) groups is 2. The van der Waals surface area contributed by atoms with Crippen molar-refractivity contribution < 1.29 is 76.9 Å². The van der Waals surface area contributed by atoms with E-state index in [2.05, 4.69) is 24.5 Å². The molecule has 0 aliphatic carbocycles. The molecule has 0 radical (unpaired) electrons. The second-order valence-corrected chi connectivity index (χ2v) is 14.7. The number of nitrogen functional groups attached to an aromatic ring is 1. The van der Waals surface area contributed by atoms with Crippen molar-refractivity contribution in [1.29, 1.82) is 0 Å². The van der Waals surface area contributed by atoms with Gasteiger partial charge in [0.1, 0.15) is 47.9 Å². The summed E-state index contributed by atoms with van der Waals surface area (Å²) in [6, 6.07) is 3.94. The number of aliphatic hydroxyl groups is 4. The second kappa shape index (κ2) is 14.3. The number of nitrogens with two attached hydrogens (primary N) is 2. The number of carbonyl (C=O) groups excluding carboxylic acids is 2. The normalized spacial score (nSPS) is 28.1. The average Bonchev–Trinajstić information content (AvgIpc) is 3.75. The quantitative estimate of drug-likeness (QED) is 0.0394. The third kappa shape index (κ3) is 7.23. The fourth-order valence-corrected chi connectivity index (χ4v) is 8.12. The predicted octanol–water partition coefficient (Wildman–Crippen LogP) is -3.00. The Labute approximate surface area is 290 Å². The molecule has 4 aromatic heterocycles. The lowest BCUT2D eigenvalue weighted by atomic mass is 10.0. The smallest absolute Gasteiger partial charge is 0.387 e. The number of pyridine rings is 2. The summed E-state index contributed by atoms with van der Waals surface area (Å²) in [5, 5.41) is 43.2. The van der Waals surface area contributed by atoms with Gasteiger partial charge in [-0.25, -0.2) is 19.5 Å². The first-order chi connectivity index (χ1) is 24.5. The fraction of sp³-hybridized carbons (Fsp3) is 0.370. The highest BCUT2D eigenvalue weighted by molar-refractivity contribution is 7.54. The average molecular weight is 770 g/mol.